The fraction of sp³-hybridized carbons (Fsp3) is 0.500. The molecule has 3 heterocycles. The van der Waals surface area contributed by atoms with Crippen molar-refractivity contribution in [2.24, 2.45) is 5.10 Å². The van der Waals surface area contributed by atoms with Gasteiger partial charge in [-0.15, -0.1) is 0 Å². The summed E-state index contributed by atoms with van der Waals surface area (Å²) in [5, 5.41) is 24.3. The van der Waals surface area contributed by atoms with Crippen molar-refractivity contribution in [3.05, 3.63) is 20.6 Å². The molecule has 0 bridgehead atoms. The lowest BCUT2D eigenvalue weighted by Gasteiger charge is -2.30. The molecule has 2 aromatic rings. The highest BCUT2D eigenvalue weighted by Crippen LogP contribution is 2.40. The molecule has 166 valence electrons. The second-order valence-corrected chi connectivity index (χ2v) is 9.33. The largest absolute Gasteiger partial charge is 0.506 e. The third-order valence-electron chi connectivity index (χ3n) is 5.46. The van der Waals surface area contributed by atoms with E-state index < -0.39 is 0 Å². The van der Waals surface area contributed by atoms with Gasteiger partial charge in [0.05, 0.1) is 10.7 Å². The van der Waals surface area contributed by atoms with Crippen molar-refractivity contribution < 1.29 is 10.2 Å². The summed E-state index contributed by atoms with van der Waals surface area (Å²) in [6.07, 6.45) is 8.46. The number of aromatic nitrogens is 3. The van der Waals surface area contributed by atoms with Gasteiger partial charge in [0.25, 0.3) is 0 Å². The number of aromatic hydroxyl groups is 2. The van der Waals surface area contributed by atoms with Crippen LogP contribution in [0.5, 0.6) is 11.5 Å². The number of rotatable bonds is 5. The normalized spacial score (nSPS) is 17.4. The zero-order valence-electron chi connectivity index (χ0n) is 17.1. The molecule has 0 saturated carbocycles. The van der Waals surface area contributed by atoms with Crippen LogP contribution in [0.3, 0.4) is 0 Å². The summed E-state index contributed by atoms with van der Waals surface area (Å²) in [7, 11) is 0. The van der Waals surface area contributed by atoms with Crippen molar-refractivity contribution >= 4 is 55.9 Å². The van der Waals surface area contributed by atoms with Gasteiger partial charge in [-0.3, -0.25) is 0 Å². The molecule has 3 N–H and O–H groups in total. The number of halogens is 2. The predicted molar refractivity (Wildman–Crippen MR) is 128 cm³/mol. The number of benzene rings is 1. The number of phenols is 2. The molecular weight excluding hydrogens is 530 g/mol. The molecule has 0 aliphatic carbocycles. The summed E-state index contributed by atoms with van der Waals surface area (Å²) in [5.41, 5.74) is 3.30. The summed E-state index contributed by atoms with van der Waals surface area (Å²) >= 11 is 6.43. The van der Waals surface area contributed by atoms with E-state index in [0.717, 1.165) is 51.9 Å². The van der Waals surface area contributed by atoms with Crippen LogP contribution in [-0.2, 0) is 0 Å². The summed E-state index contributed by atoms with van der Waals surface area (Å²) in [5.74, 6) is 1.53. The van der Waals surface area contributed by atoms with E-state index in [1.165, 1.54) is 19.1 Å². The quantitative estimate of drug-likeness (QED) is 0.372. The standard InChI is InChI=1S/C20H25Br2N7O2/c21-14-11-13(16(30)15(22)17(14)31)12-23-27-18-24-19(28-7-3-1-4-8-28)26-20(25-18)29-9-5-2-6-10-29/h11-12,30-31H,1-10H2,(H,24,25,26,27)/b23-12+. The highest BCUT2D eigenvalue weighted by atomic mass is 79.9. The third kappa shape index (κ3) is 5.20. The Morgan fingerprint density at radius 3 is 1.94 bits per heavy atom. The lowest BCUT2D eigenvalue weighted by atomic mass is 10.1. The van der Waals surface area contributed by atoms with Gasteiger partial charge in [-0.2, -0.15) is 20.1 Å². The van der Waals surface area contributed by atoms with Gasteiger partial charge in [0.15, 0.2) is 0 Å². The molecule has 31 heavy (non-hydrogen) atoms. The summed E-state index contributed by atoms with van der Waals surface area (Å²) in [4.78, 5) is 18.3. The van der Waals surface area contributed by atoms with Gasteiger partial charge in [0.2, 0.25) is 17.8 Å². The van der Waals surface area contributed by atoms with Crippen molar-refractivity contribution in [3.63, 3.8) is 0 Å². The van der Waals surface area contributed by atoms with Crippen LogP contribution in [0.4, 0.5) is 17.8 Å². The first kappa shape index (κ1) is 22.1. The Morgan fingerprint density at radius 1 is 0.839 bits per heavy atom. The minimum Gasteiger partial charge on any atom is -0.506 e. The number of phenolic OH excluding ortho intramolecular Hbond substituents is 2. The highest BCUT2D eigenvalue weighted by molar-refractivity contribution is 9.11. The van der Waals surface area contributed by atoms with Crippen LogP contribution in [0, 0.1) is 0 Å². The van der Waals surface area contributed by atoms with Gasteiger partial charge in [-0.25, -0.2) is 5.43 Å². The van der Waals surface area contributed by atoms with E-state index >= 15 is 0 Å². The van der Waals surface area contributed by atoms with Crippen LogP contribution in [0.2, 0.25) is 0 Å². The SMILES string of the molecule is Oc1c(Br)cc(/C=N/Nc2nc(N3CCCCC3)nc(N3CCCCC3)n2)c(O)c1Br. The molecule has 9 nitrogen and oxygen atoms in total. The van der Waals surface area contributed by atoms with E-state index in [1.54, 1.807) is 6.07 Å². The molecule has 2 aliphatic heterocycles. The molecule has 1 aromatic carbocycles. The molecule has 2 saturated heterocycles. The number of piperidine rings is 2. The van der Waals surface area contributed by atoms with Crippen molar-refractivity contribution in [1.29, 1.82) is 0 Å². The maximum Gasteiger partial charge on any atom is 0.250 e. The van der Waals surface area contributed by atoms with Crippen molar-refractivity contribution in [2.75, 3.05) is 41.4 Å². The van der Waals surface area contributed by atoms with Crippen LogP contribution in [-0.4, -0.2) is 57.6 Å². The lowest BCUT2D eigenvalue weighted by Crippen LogP contribution is -2.34. The van der Waals surface area contributed by atoms with Gasteiger partial charge in [-0.1, -0.05) is 0 Å². The van der Waals surface area contributed by atoms with Crippen molar-refractivity contribution in [2.45, 2.75) is 38.5 Å². The zero-order chi connectivity index (χ0) is 21.8. The number of anilines is 3. The van der Waals surface area contributed by atoms with Gasteiger partial charge in [0, 0.05) is 31.7 Å². The third-order valence-corrected chi connectivity index (χ3v) is 6.81. The minimum absolute atomic E-state index is 0.0718. The van der Waals surface area contributed by atoms with Gasteiger partial charge < -0.3 is 20.0 Å². The fourth-order valence-corrected chi connectivity index (χ4v) is 4.90. The topological polar surface area (TPSA) is 110 Å². The Bertz CT molecular complexity index is 925. The Hall–Kier alpha value is -2.14. The van der Waals surface area contributed by atoms with E-state index in [9.17, 15) is 10.2 Å². The maximum absolute atomic E-state index is 10.2. The molecule has 11 heteroatoms. The number of hydrogen-bond acceptors (Lipinski definition) is 9. The van der Waals surface area contributed by atoms with Gasteiger partial charge in [0.1, 0.15) is 16.0 Å². The van der Waals surface area contributed by atoms with Crippen LogP contribution in [0.25, 0.3) is 0 Å². The highest BCUT2D eigenvalue weighted by Gasteiger charge is 2.20. The fourth-order valence-electron chi connectivity index (χ4n) is 3.75. The minimum atomic E-state index is -0.107. The van der Waals surface area contributed by atoms with E-state index in [1.807, 2.05) is 0 Å². The first-order chi connectivity index (χ1) is 15.0. The smallest absolute Gasteiger partial charge is 0.250 e. The molecule has 2 fully saturated rings. The Labute approximate surface area is 197 Å². The number of nitrogens with zero attached hydrogens (tertiary/aromatic N) is 6. The summed E-state index contributed by atoms with van der Waals surface area (Å²) in [6.45, 7) is 3.76. The molecule has 4 rings (SSSR count). The van der Waals surface area contributed by atoms with Gasteiger partial charge in [-0.05, 0) is 76.5 Å². The Morgan fingerprint density at radius 2 is 1.39 bits per heavy atom. The lowest BCUT2D eigenvalue weighted by molar-refractivity contribution is 0.442. The zero-order valence-corrected chi connectivity index (χ0v) is 20.2. The number of hydrazone groups is 1. The molecule has 2 aliphatic rings. The van der Waals surface area contributed by atoms with Crippen molar-refractivity contribution in [1.82, 2.24) is 15.0 Å². The first-order valence-corrected chi connectivity index (χ1v) is 12.1. The molecule has 0 amide bonds. The average Bonchev–Trinajstić information content (AvgIpc) is 2.82. The van der Waals surface area contributed by atoms with Crippen LogP contribution < -0.4 is 15.2 Å². The average molecular weight is 555 g/mol. The monoisotopic (exact) mass is 553 g/mol. The molecule has 1 aromatic heterocycles. The second-order valence-electron chi connectivity index (χ2n) is 7.68. The predicted octanol–water partition coefficient (Wildman–Crippen LogP) is 4.23. The van der Waals surface area contributed by atoms with Crippen LogP contribution in [0.1, 0.15) is 44.1 Å². The van der Waals surface area contributed by atoms with E-state index in [4.69, 9.17) is 4.98 Å². The molecule has 0 radical (unpaired) electrons. The number of nitrogens with one attached hydrogen (secondary N) is 1. The first-order valence-electron chi connectivity index (χ1n) is 10.5. The van der Waals surface area contributed by atoms with Crippen LogP contribution in [0.15, 0.2) is 20.1 Å². The van der Waals surface area contributed by atoms with E-state index in [2.05, 4.69) is 62.2 Å². The molecule has 0 unspecified atom stereocenters. The van der Waals surface area contributed by atoms with Crippen LogP contribution >= 0.6 is 31.9 Å². The maximum atomic E-state index is 10.2. The van der Waals surface area contributed by atoms with Crippen molar-refractivity contribution in [3.8, 4) is 11.5 Å². The second kappa shape index (κ2) is 9.99. The Balaban J connectivity index is 1.58. The molecule has 0 spiro atoms. The molecule has 0 atom stereocenters. The molecular formula is C20H25Br2N7O2. The Kier molecular flexibility index (Phi) is 7.11. The number of hydrogen-bond donors (Lipinski definition) is 3. The van der Waals surface area contributed by atoms with E-state index in [0.29, 0.717) is 27.9 Å². The van der Waals surface area contributed by atoms with Gasteiger partial charge >= 0.3 is 0 Å². The van der Waals surface area contributed by atoms with E-state index in [-0.39, 0.29) is 16.0 Å². The summed E-state index contributed by atoms with van der Waals surface area (Å²) in [6, 6.07) is 1.58. The summed E-state index contributed by atoms with van der Waals surface area (Å²) < 4.78 is 0.641.